The molecule has 3 rings (SSSR count). The van der Waals surface area contributed by atoms with Gasteiger partial charge in [0.25, 0.3) is 0 Å². The molecule has 1 aliphatic rings. The van der Waals surface area contributed by atoms with Crippen molar-refractivity contribution in [1.29, 1.82) is 0 Å². The lowest BCUT2D eigenvalue weighted by Crippen LogP contribution is -2.42. The summed E-state index contributed by atoms with van der Waals surface area (Å²) in [5.41, 5.74) is 6.64. The van der Waals surface area contributed by atoms with Crippen molar-refractivity contribution in [3.63, 3.8) is 0 Å². The summed E-state index contributed by atoms with van der Waals surface area (Å²) in [5.74, 6) is 0.280. The molecule has 0 aliphatic carbocycles. The normalized spacial score (nSPS) is 17.9. The van der Waals surface area contributed by atoms with E-state index < -0.39 is 6.04 Å². The number of carbonyl (C=O) groups excluding carboxylic acids is 1. The summed E-state index contributed by atoms with van der Waals surface area (Å²) < 4.78 is 19.4. The number of carbonyl (C=O) groups is 1. The largest absolute Gasteiger partial charge is 0.475 e. The predicted octanol–water partition coefficient (Wildman–Crippen LogP) is 2.55. The maximum Gasteiger partial charge on any atom is 0.224 e. The molecule has 1 amide bonds. The molecule has 2 heterocycles. The Labute approximate surface area is 153 Å². The van der Waals surface area contributed by atoms with Gasteiger partial charge in [-0.25, -0.2) is 9.37 Å². The number of benzene rings is 1. The molecule has 6 heteroatoms. The Kier molecular flexibility index (Phi) is 6.17. The smallest absolute Gasteiger partial charge is 0.224 e. The quantitative estimate of drug-likeness (QED) is 0.827. The van der Waals surface area contributed by atoms with E-state index in [1.54, 1.807) is 30.5 Å². The summed E-state index contributed by atoms with van der Waals surface area (Å²) >= 11 is 0. The Morgan fingerprint density at radius 3 is 2.88 bits per heavy atom. The molecule has 2 atom stereocenters. The number of halogens is 1. The minimum atomic E-state index is -0.405. The first-order valence-electron chi connectivity index (χ1n) is 8.96. The predicted molar refractivity (Wildman–Crippen MR) is 97.2 cm³/mol. The molecule has 1 aliphatic heterocycles. The van der Waals surface area contributed by atoms with Gasteiger partial charge in [-0.05, 0) is 37.0 Å². The zero-order valence-electron chi connectivity index (χ0n) is 14.7. The third kappa shape index (κ3) is 4.79. The Hall–Kier alpha value is -2.47. The molecule has 1 saturated heterocycles. The van der Waals surface area contributed by atoms with Crippen molar-refractivity contribution in [3.8, 4) is 5.88 Å². The van der Waals surface area contributed by atoms with Gasteiger partial charge in [0.1, 0.15) is 12.4 Å². The molecule has 2 N–H and O–H groups in total. The lowest BCUT2D eigenvalue weighted by atomic mass is 10.0. The first-order valence-corrected chi connectivity index (χ1v) is 8.96. The van der Waals surface area contributed by atoms with Crippen LogP contribution in [0.2, 0.25) is 0 Å². The van der Waals surface area contributed by atoms with Crippen LogP contribution in [0.1, 0.15) is 24.8 Å². The SMILES string of the molecule is N[C@@H](CC(=O)N1CCC[C@H]1COc1ccccn1)Cc1ccccc1F. The number of amides is 1. The van der Waals surface area contributed by atoms with Crippen LogP contribution in [0, 0.1) is 5.82 Å². The Bertz CT molecular complexity index is 726. The number of rotatable bonds is 7. The van der Waals surface area contributed by atoms with Gasteiger partial charge in [0.05, 0.1) is 6.04 Å². The van der Waals surface area contributed by atoms with E-state index in [1.165, 1.54) is 6.07 Å². The second-order valence-electron chi connectivity index (χ2n) is 6.62. The maximum absolute atomic E-state index is 13.7. The lowest BCUT2D eigenvalue weighted by molar-refractivity contribution is -0.132. The van der Waals surface area contributed by atoms with Gasteiger partial charge in [0, 0.05) is 31.3 Å². The van der Waals surface area contributed by atoms with E-state index in [-0.39, 0.29) is 24.2 Å². The van der Waals surface area contributed by atoms with Crippen molar-refractivity contribution in [2.45, 2.75) is 37.8 Å². The second kappa shape index (κ2) is 8.76. The first kappa shape index (κ1) is 18.3. The van der Waals surface area contributed by atoms with E-state index in [4.69, 9.17) is 10.5 Å². The van der Waals surface area contributed by atoms with Crippen LogP contribution in [0.25, 0.3) is 0 Å². The Morgan fingerprint density at radius 1 is 1.31 bits per heavy atom. The van der Waals surface area contributed by atoms with E-state index >= 15 is 0 Å². The summed E-state index contributed by atoms with van der Waals surface area (Å²) in [4.78, 5) is 18.6. The van der Waals surface area contributed by atoms with Crippen molar-refractivity contribution in [2.24, 2.45) is 5.73 Å². The van der Waals surface area contributed by atoms with Crippen LogP contribution in [-0.2, 0) is 11.2 Å². The molecule has 0 radical (unpaired) electrons. The average Bonchev–Trinajstić information content (AvgIpc) is 3.11. The van der Waals surface area contributed by atoms with Crippen molar-refractivity contribution in [1.82, 2.24) is 9.88 Å². The van der Waals surface area contributed by atoms with Gasteiger partial charge in [0.15, 0.2) is 0 Å². The number of nitrogens with two attached hydrogens (primary N) is 1. The molecule has 1 aromatic carbocycles. The molecule has 1 fully saturated rings. The summed E-state index contributed by atoms with van der Waals surface area (Å²) in [6, 6.07) is 11.7. The molecular weight excluding hydrogens is 333 g/mol. The van der Waals surface area contributed by atoms with Crippen molar-refractivity contribution < 1.29 is 13.9 Å². The van der Waals surface area contributed by atoms with Gasteiger partial charge >= 0.3 is 0 Å². The van der Waals surface area contributed by atoms with Gasteiger partial charge in [-0.2, -0.15) is 0 Å². The monoisotopic (exact) mass is 357 g/mol. The van der Waals surface area contributed by atoms with E-state index in [2.05, 4.69) is 4.98 Å². The molecule has 1 aromatic heterocycles. The van der Waals surface area contributed by atoms with Crippen LogP contribution in [0.3, 0.4) is 0 Å². The second-order valence-corrected chi connectivity index (χ2v) is 6.62. The molecule has 26 heavy (non-hydrogen) atoms. The number of aromatic nitrogens is 1. The zero-order valence-corrected chi connectivity index (χ0v) is 14.7. The fraction of sp³-hybridized carbons (Fsp3) is 0.400. The number of pyridine rings is 1. The van der Waals surface area contributed by atoms with Crippen molar-refractivity contribution >= 4 is 5.91 Å². The van der Waals surface area contributed by atoms with Gasteiger partial charge in [-0.3, -0.25) is 4.79 Å². The lowest BCUT2D eigenvalue weighted by Gasteiger charge is -2.26. The van der Waals surface area contributed by atoms with Crippen molar-refractivity contribution in [3.05, 3.63) is 60.0 Å². The Balaban J connectivity index is 1.52. The van der Waals surface area contributed by atoms with Gasteiger partial charge in [-0.1, -0.05) is 24.3 Å². The average molecular weight is 357 g/mol. The van der Waals surface area contributed by atoms with E-state index in [9.17, 15) is 9.18 Å². The number of hydrogen-bond acceptors (Lipinski definition) is 4. The number of nitrogens with zero attached hydrogens (tertiary/aromatic N) is 2. The molecule has 0 unspecified atom stereocenters. The molecule has 0 saturated carbocycles. The molecule has 138 valence electrons. The van der Waals surface area contributed by atoms with Crippen LogP contribution in [-0.4, -0.2) is 41.0 Å². The highest BCUT2D eigenvalue weighted by Gasteiger charge is 2.30. The first-order chi connectivity index (χ1) is 12.6. The summed E-state index contributed by atoms with van der Waals surface area (Å²) in [5, 5.41) is 0. The number of hydrogen-bond donors (Lipinski definition) is 1. The molecule has 2 aromatic rings. The van der Waals surface area contributed by atoms with Gasteiger partial charge in [0.2, 0.25) is 11.8 Å². The highest BCUT2D eigenvalue weighted by atomic mass is 19.1. The van der Waals surface area contributed by atoms with E-state index in [0.29, 0.717) is 31.0 Å². The van der Waals surface area contributed by atoms with Gasteiger partial charge in [-0.15, -0.1) is 0 Å². The zero-order chi connectivity index (χ0) is 18.4. The molecule has 5 nitrogen and oxygen atoms in total. The Morgan fingerprint density at radius 2 is 2.12 bits per heavy atom. The van der Waals surface area contributed by atoms with Crippen LogP contribution in [0.4, 0.5) is 4.39 Å². The highest BCUT2D eigenvalue weighted by molar-refractivity contribution is 5.77. The maximum atomic E-state index is 13.7. The summed E-state index contributed by atoms with van der Waals surface area (Å²) in [6.07, 6.45) is 4.08. The summed E-state index contributed by atoms with van der Waals surface area (Å²) in [7, 11) is 0. The fourth-order valence-electron chi connectivity index (χ4n) is 3.31. The topological polar surface area (TPSA) is 68.5 Å². The van der Waals surface area contributed by atoms with E-state index in [1.807, 2.05) is 17.0 Å². The third-order valence-corrected chi connectivity index (χ3v) is 4.64. The van der Waals surface area contributed by atoms with Crippen LogP contribution in [0.5, 0.6) is 5.88 Å². The number of ether oxygens (including phenoxy) is 1. The third-order valence-electron chi connectivity index (χ3n) is 4.64. The minimum Gasteiger partial charge on any atom is -0.475 e. The molecular formula is C20H24FN3O2. The fourth-order valence-corrected chi connectivity index (χ4v) is 3.31. The minimum absolute atomic E-state index is 0.000889. The van der Waals surface area contributed by atoms with E-state index in [0.717, 1.165) is 12.8 Å². The molecule has 0 bridgehead atoms. The standard InChI is InChI=1S/C20H24FN3O2/c21-18-8-2-1-6-15(18)12-16(22)13-20(25)24-11-5-7-17(24)14-26-19-9-3-4-10-23-19/h1-4,6,8-10,16-17H,5,7,11-14,22H2/t16-,17+/m1/s1. The van der Waals surface area contributed by atoms with Crippen LogP contribution >= 0.6 is 0 Å². The van der Waals surface area contributed by atoms with Crippen LogP contribution < -0.4 is 10.5 Å². The molecule has 0 spiro atoms. The van der Waals surface area contributed by atoms with Gasteiger partial charge < -0.3 is 15.4 Å². The van der Waals surface area contributed by atoms with Crippen LogP contribution in [0.15, 0.2) is 48.7 Å². The van der Waals surface area contributed by atoms with Crippen molar-refractivity contribution in [2.75, 3.05) is 13.2 Å². The summed E-state index contributed by atoms with van der Waals surface area (Å²) in [6.45, 7) is 1.13. The number of likely N-dealkylation sites (tertiary alicyclic amines) is 1. The highest BCUT2D eigenvalue weighted by Crippen LogP contribution is 2.20.